The Bertz CT molecular complexity index is 980. The SMILES string of the molecule is CCOc1ccc(SCC(=O)N2CCN(Cc3cccc4cccnc34)CC2)cc1. The van der Waals surface area contributed by atoms with E-state index in [1.54, 1.807) is 11.8 Å². The predicted octanol–water partition coefficient (Wildman–Crippen LogP) is 4.07. The van der Waals surface area contributed by atoms with Crippen LogP contribution in [0.5, 0.6) is 5.75 Å². The second kappa shape index (κ2) is 9.96. The van der Waals surface area contributed by atoms with E-state index in [0.717, 1.165) is 48.9 Å². The largest absolute Gasteiger partial charge is 0.494 e. The number of ether oxygens (including phenoxy) is 1. The lowest BCUT2D eigenvalue weighted by atomic mass is 10.1. The average Bonchev–Trinajstić information content (AvgIpc) is 2.79. The van der Waals surface area contributed by atoms with Crippen LogP contribution < -0.4 is 4.74 Å². The maximum absolute atomic E-state index is 12.6. The molecule has 0 aliphatic carbocycles. The number of benzene rings is 2. The summed E-state index contributed by atoms with van der Waals surface area (Å²) in [4.78, 5) is 22.7. The number of fused-ring (bicyclic) bond motifs is 1. The van der Waals surface area contributed by atoms with Crippen molar-refractivity contribution in [2.24, 2.45) is 0 Å². The van der Waals surface area contributed by atoms with E-state index in [-0.39, 0.29) is 5.91 Å². The van der Waals surface area contributed by atoms with Crippen molar-refractivity contribution in [1.82, 2.24) is 14.8 Å². The first-order valence-electron chi connectivity index (χ1n) is 10.4. The summed E-state index contributed by atoms with van der Waals surface area (Å²) in [6.45, 7) is 6.85. The van der Waals surface area contributed by atoms with Gasteiger partial charge < -0.3 is 9.64 Å². The molecule has 0 bridgehead atoms. The van der Waals surface area contributed by atoms with Crippen molar-refractivity contribution in [3.05, 3.63) is 66.4 Å². The van der Waals surface area contributed by atoms with Gasteiger partial charge in [0.2, 0.25) is 5.91 Å². The number of amides is 1. The van der Waals surface area contributed by atoms with E-state index in [4.69, 9.17) is 4.74 Å². The summed E-state index contributed by atoms with van der Waals surface area (Å²) < 4.78 is 5.46. The first-order valence-corrected chi connectivity index (χ1v) is 11.4. The fraction of sp³-hybridized carbons (Fsp3) is 0.333. The Morgan fingerprint density at radius 3 is 2.57 bits per heavy atom. The maximum atomic E-state index is 12.6. The van der Waals surface area contributed by atoms with Crippen molar-refractivity contribution in [3.8, 4) is 5.75 Å². The molecule has 3 aromatic rings. The van der Waals surface area contributed by atoms with Crippen LogP contribution in [0.25, 0.3) is 10.9 Å². The molecule has 0 unspecified atom stereocenters. The Kier molecular flexibility index (Phi) is 6.87. The molecule has 0 spiro atoms. The highest BCUT2D eigenvalue weighted by Gasteiger charge is 2.21. The molecule has 2 heterocycles. The number of nitrogens with zero attached hydrogens (tertiary/aromatic N) is 3. The van der Waals surface area contributed by atoms with Gasteiger partial charge in [-0.2, -0.15) is 0 Å². The zero-order chi connectivity index (χ0) is 20.8. The molecular formula is C24H27N3O2S. The fourth-order valence-corrected chi connectivity index (χ4v) is 4.53. The smallest absolute Gasteiger partial charge is 0.233 e. The van der Waals surface area contributed by atoms with Crippen molar-refractivity contribution in [2.75, 3.05) is 38.5 Å². The molecular weight excluding hydrogens is 394 g/mol. The average molecular weight is 422 g/mol. The van der Waals surface area contributed by atoms with E-state index in [1.807, 2.05) is 48.4 Å². The number of carbonyl (C=O) groups is 1. The van der Waals surface area contributed by atoms with Crippen LogP contribution in [0, 0.1) is 0 Å². The van der Waals surface area contributed by atoms with E-state index in [9.17, 15) is 4.79 Å². The molecule has 6 heteroatoms. The first-order chi connectivity index (χ1) is 14.7. The third kappa shape index (κ3) is 5.12. The highest BCUT2D eigenvalue weighted by atomic mass is 32.2. The van der Waals surface area contributed by atoms with E-state index >= 15 is 0 Å². The molecule has 1 amide bonds. The van der Waals surface area contributed by atoms with E-state index < -0.39 is 0 Å². The van der Waals surface area contributed by atoms with E-state index in [2.05, 4.69) is 34.1 Å². The van der Waals surface area contributed by atoms with Gasteiger partial charge in [0.15, 0.2) is 0 Å². The second-order valence-corrected chi connectivity index (χ2v) is 8.39. The topological polar surface area (TPSA) is 45.7 Å². The fourth-order valence-electron chi connectivity index (χ4n) is 3.73. The number of rotatable bonds is 7. The van der Waals surface area contributed by atoms with Gasteiger partial charge in [-0.05, 0) is 42.8 Å². The minimum absolute atomic E-state index is 0.209. The Morgan fingerprint density at radius 2 is 1.80 bits per heavy atom. The lowest BCUT2D eigenvalue weighted by Gasteiger charge is -2.34. The van der Waals surface area contributed by atoms with Gasteiger partial charge in [-0.15, -0.1) is 11.8 Å². The van der Waals surface area contributed by atoms with Gasteiger partial charge >= 0.3 is 0 Å². The number of hydrogen-bond donors (Lipinski definition) is 0. The lowest BCUT2D eigenvalue weighted by molar-refractivity contribution is -0.130. The van der Waals surface area contributed by atoms with Gasteiger partial charge in [0.1, 0.15) is 5.75 Å². The van der Waals surface area contributed by atoms with Gasteiger partial charge in [0.05, 0.1) is 17.9 Å². The molecule has 4 rings (SSSR count). The van der Waals surface area contributed by atoms with Crippen molar-refractivity contribution in [3.63, 3.8) is 0 Å². The Balaban J connectivity index is 1.26. The molecule has 0 atom stereocenters. The quantitative estimate of drug-likeness (QED) is 0.538. The number of para-hydroxylation sites is 1. The minimum Gasteiger partial charge on any atom is -0.494 e. The number of piperazine rings is 1. The zero-order valence-electron chi connectivity index (χ0n) is 17.3. The monoisotopic (exact) mass is 421 g/mol. The minimum atomic E-state index is 0.209. The highest BCUT2D eigenvalue weighted by Crippen LogP contribution is 2.22. The Hall–Kier alpha value is -2.57. The van der Waals surface area contributed by atoms with Crippen LogP contribution in [0.15, 0.2) is 65.7 Å². The molecule has 5 nitrogen and oxygen atoms in total. The summed E-state index contributed by atoms with van der Waals surface area (Å²) in [6.07, 6.45) is 1.85. The van der Waals surface area contributed by atoms with Crippen molar-refractivity contribution in [1.29, 1.82) is 0 Å². The number of pyridine rings is 1. The van der Waals surface area contributed by atoms with Crippen molar-refractivity contribution in [2.45, 2.75) is 18.4 Å². The summed E-state index contributed by atoms with van der Waals surface area (Å²) in [5, 5.41) is 1.18. The van der Waals surface area contributed by atoms with Gasteiger partial charge in [-0.1, -0.05) is 24.3 Å². The Labute approximate surface area is 182 Å². The maximum Gasteiger partial charge on any atom is 0.233 e. The molecule has 1 aliphatic rings. The van der Waals surface area contributed by atoms with Gasteiger partial charge in [0.25, 0.3) is 0 Å². The predicted molar refractivity (Wildman–Crippen MR) is 122 cm³/mol. The summed E-state index contributed by atoms with van der Waals surface area (Å²) in [6, 6.07) is 18.4. The molecule has 2 aromatic carbocycles. The molecule has 1 aliphatic heterocycles. The van der Waals surface area contributed by atoms with Crippen LogP contribution in [0.2, 0.25) is 0 Å². The molecule has 1 fully saturated rings. The van der Waals surface area contributed by atoms with Gasteiger partial charge in [0, 0.05) is 49.2 Å². The van der Waals surface area contributed by atoms with Crippen LogP contribution in [-0.2, 0) is 11.3 Å². The molecule has 0 radical (unpaired) electrons. The molecule has 1 aromatic heterocycles. The van der Waals surface area contributed by atoms with E-state index in [0.29, 0.717) is 12.4 Å². The van der Waals surface area contributed by atoms with Gasteiger partial charge in [-0.3, -0.25) is 14.7 Å². The zero-order valence-corrected chi connectivity index (χ0v) is 18.1. The van der Waals surface area contributed by atoms with Crippen LogP contribution in [0.1, 0.15) is 12.5 Å². The number of hydrogen-bond acceptors (Lipinski definition) is 5. The first kappa shape index (κ1) is 20.7. The second-order valence-electron chi connectivity index (χ2n) is 7.34. The lowest BCUT2D eigenvalue weighted by Crippen LogP contribution is -2.48. The summed E-state index contributed by atoms with van der Waals surface area (Å²) in [5.41, 5.74) is 2.32. The highest BCUT2D eigenvalue weighted by molar-refractivity contribution is 8.00. The molecule has 0 N–H and O–H groups in total. The molecule has 1 saturated heterocycles. The van der Waals surface area contributed by atoms with Crippen molar-refractivity contribution < 1.29 is 9.53 Å². The van der Waals surface area contributed by atoms with E-state index in [1.165, 1.54) is 10.9 Å². The summed E-state index contributed by atoms with van der Waals surface area (Å²) >= 11 is 1.59. The van der Waals surface area contributed by atoms with Crippen LogP contribution in [0.4, 0.5) is 0 Å². The van der Waals surface area contributed by atoms with Gasteiger partial charge in [-0.25, -0.2) is 0 Å². The number of carbonyl (C=O) groups excluding carboxylic acids is 1. The third-order valence-electron chi connectivity index (χ3n) is 5.33. The number of aromatic nitrogens is 1. The molecule has 0 saturated carbocycles. The summed E-state index contributed by atoms with van der Waals surface area (Å²) in [7, 11) is 0. The normalized spacial score (nSPS) is 14.8. The molecule has 156 valence electrons. The Morgan fingerprint density at radius 1 is 1.03 bits per heavy atom. The molecule has 30 heavy (non-hydrogen) atoms. The third-order valence-corrected chi connectivity index (χ3v) is 6.33. The standard InChI is InChI=1S/C24H27N3O2S/c1-2-29-21-8-10-22(11-9-21)30-18-23(28)27-15-13-26(14-16-27)17-20-6-3-5-19-7-4-12-25-24(19)20/h3-12H,2,13-18H2,1H3. The van der Waals surface area contributed by atoms with Crippen molar-refractivity contribution >= 4 is 28.6 Å². The van der Waals surface area contributed by atoms with Crippen LogP contribution in [0.3, 0.4) is 0 Å². The summed E-state index contributed by atoms with van der Waals surface area (Å²) in [5.74, 6) is 1.55. The van der Waals surface area contributed by atoms with Crippen LogP contribution >= 0.6 is 11.8 Å². The van der Waals surface area contributed by atoms with Crippen LogP contribution in [-0.4, -0.2) is 59.2 Å². The number of thioether (sulfide) groups is 1.